The Bertz CT molecular complexity index is 1300. The highest BCUT2D eigenvalue weighted by molar-refractivity contribution is 5.82. The Labute approximate surface area is 184 Å². The van der Waals surface area contributed by atoms with Crippen LogP contribution in [0.5, 0.6) is 0 Å². The van der Waals surface area contributed by atoms with E-state index in [0.717, 1.165) is 0 Å². The van der Waals surface area contributed by atoms with Gasteiger partial charge in [-0.25, -0.2) is 35.1 Å². The van der Waals surface area contributed by atoms with Crippen LogP contribution >= 0.6 is 0 Å². The van der Waals surface area contributed by atoms with Crippen LogP contribution in [0.1, 0.15) is 33.7 Å². The number of halogens is 14. The Morgan fingerprint density at radius 2 is 0.743 bits per heavy atom. The van der Waals surface area contributed by atoms with Gasteiger partial charge in [0.25, 0.3) is 0 Å². The van der Waals surface area contributed by atoms with E-state index in [0.29, 0.717) is 0 Å². The third-order valence-electron chi connectivity index (χ3n) is 5.38. The Hall–Kier alpha value is -3.32. The molecule has 0 fully saturated rings. The average Bonchev–Trinajstić information content (AvgIpc) is 3.13. The predicted molar refractivity (Wildman–Crippen MR) is 88.9 cm³/mol. The van der Waals surface area contributed by atoms with E-state index in [4.69, 9.17) is 0 Å². The Morgan fingerprint density at radius 1 is 0.429 bits per heavy atom. The molecule has 0 heterocycles. The summed E-state index contributed by atoms with van der Waals surface area (Å²) in [6, 6.07) is -0.628. The van der Waals surface area contributed by atoms with Gasteiger partial charge in [0.2, 0.25) is 0 Å². The zero-order valence-corrected chi connectivity index (χ0v) is 16.1. The molecule has 1 aliphatic carbocycles. The van der Waals surface area contributed by atoms with Crippen molar-refractivity contribution < 1.29 is 61.5 Å². The van der Waals surface area contributed by atoms with E-state index >= 15 is 0 Å². The fourth-order valence-electron chi connectivity index (χ4n) is 3.95. The van der Waals surface area contributed by atoms with Crippen molar-refractivity contribution in [3.8, 4) is 11.1 Å². The number of hydrogen-bond acceptors (Lipinski definition) is 0. The highest BCUT2D eigenvalue weighted by Crippen LogP contribution is 2.54. The second kappa shape index (κ2) is 7.59. The van der Waals surface area contributed by atoms with Crippen molar-refractivity contribution in [1.29, 1.82) is 0 Å². The standard InChI is InChI=1S/C21H4F14/c22-12-8-7(4-1-5(20(30,31)32)3-6(2-4)21(33,34)35)9-11(10(8)14(24)18(28)16(12)26)15(25)19(29)17(27)13(9)23/h1-3,7H. The fourth-order valence-corrected chi connectivity index (χ4v) is 3.95. The summed E-state index contributed by atoms with van der Waals surface area (Å²) in [6.07, 6.45) is -11.0. The minimum atomic E-state index is -5.50. The van der Waals surface area contributed by atoms with Gasteiger partial charge in [0.15, 0.2) is 46.5 Å². The summed E-state index contributed by atoms with van der Waals surface area (Å²) < 4.78 is 194. The van der Waals surface area contributed by atoms with E-state index in [2.05, 4.69) is 0 Å². The summed E-state index contributed by atoms with van der Waals surface area (Å²) >= 11 is 0. The molecule has 0 radical (unpaired) electrons. The van der Waals surface area contributed by atoms with E-state index < -0.39 is 110 Å². The molecule has 0 saturated carbocycles. The van der Waals surface area contributed by atoms with Gasteiger partial charge < -0.3 is 0 Å². The maximum atomic E-state index is 14.7. The van der Waals surface area contributed by atoms with Gasteiger partial charge in [-0.15, -0.1) is 0 Å². The van der Waals surface area contributed by atoms with Crippen molar-refractivity contribution in [1.82, 2.24) is 0 Å². The fraction of sp³-hybridized carbons (Fsp3) is 0.143. The highest BCUT2D eigenvalue weighted by Gasteiger charge is 2.46. The monoisotopic (exact) mass is 522 g/mol. The molecule has 1 aliphatic rings. The average molecular weight is 522 g/mol. The second-order valence-corrected chi connectivity index (χ2v) is 7.36. The van der Waals surface area contributed by atoms with Crippen molar-refractivity contribution in [2.24, 2.45) is 0 Å². The molecule has 4 rings (SSSR count). The first kappa shape index (κ1) is 24.8. The molecule has 0 atom stereocenters. The van der Waals surface area contributed by atoms with Crippen molar-refractivity contribution in [3.05, 3.63) is 92.6 Å². The molecule has 0 saturated heterocycles. The molecule has 0 spiro atoms. The highest BCUT2D eigenvalue weighted by atomic mass is 19.4. The van der Waals surface area contributed by atoms with Crippen LogP contribution < -0.4 is 0 Å². The van der Waals surface area contributed by atoms with E-state index in [1.165, 1.54) is 0 Å². The summed E-state index contributed by atoms with van der Waals surface area (Å²) in [5.41, 5.74) is -12.3. The van der Waals surface area contributed by atoms with E-state index in [-0.39, 0.29) is 12.1 Å². The zero-order chi connectivity index (χ0) is 26.4. The lowest BCUT2D eigenvalue weighted by Crippen LogP contribution is -2.15. The lowest BCUT2D eigenvalue weighted by atomic mass is 9.86. The van der Waals surface area contributed by atoms with Gasteiger partial charge in [-0.2, -0.15) is 26.3 Å². The van der Waals surface area contributed by atoms with Gasteiger partial charge in [-0.05, 0) is 23.8 Å². The Balaban J connectivity index is 2.22. The minimum Gasteiger partial charge on any atom is -0.203 e. The van der Waals surface area contributed by atoms with Crippen LogP contribution in [0, 0.1) is 46.5 Å². The third kappa shape index (κ3) is 3.52. The smallest absolute Gasteiger partial charge is 0.203 e. The first-order valence-corrected chi connectivity index (χ1v) is 8.99. The Morgan fingerprint density at radius 3 is 1.06 bits per heavy atom. The van der Waals surface area contributed by atoms with Gasteiger partial charge in [0.1, 0.15) is 0 Å². The largest absolute Gasteiger partial charge is 0.416 e. The number of fused-ring (bicyclic) bond motifs is 3. The summed E-state index contributed by atoms with van der Waals surface area (Å²) in [5, 5.41) is 0. The molecule has 0 unspecified atom stereocenters. The van der Waals surface area contributed by atoms with Crippen LogP contribution in [0.15, 0.2) is 18.2 Å². The number of rotatable bonds is 1. The van der Waals surface area contributed by atoms with Gasteiger partial charge in [0, 0.05) is 28.2 Å². The summed E-state index contributed by atoms with van der Waals surface area (Å²) in [6.45, 7) is 0. The first-order valence-electron chi connectivity index (χ1n) is 8.99. The van der Waals surface area contributed by atoms with Crippen molar-refractivity contribution in [2.75, 3.05) is 0 Å². The molecule has 186 valence electrons. The molecule has 0 amide bonds. The SMILES string of the molecule is Fc1c(F)c(F)c2c(c1F)-c1c(F)c(F)c(F)c(F)c1C2c1cc(C(F)(F)F)cc(C(F)(F)F)c1. The molecular formula is C21H4F14. The van der Waals surface area contributed by atoms with Crippen molar-refractivity contribution in [3.63, 3.8) is 0 Å². The molecule has 0 nitrogen and oxygen atoms in total. The maximum Gasteiger partial charge on any atom is 0.416 e. The molecule has 0 aliphatic heterocycles. The normalized spacial score (nSPS) is 13.9. The van der Waals surface area contributed by atoms with Crippen LogP contribution in [0.3, 0.4) is 0 Å². The second-order valence-electron chi connectivity index (χ2n) is 7.36. The lowest BCUT2D eigenvalue weighted by Gasteiger charge is -2.20. The van der Waals surface area contributed by atoms with Crippen LogP contribution in [-0.2, 0) is 12.4 Å². The molecule has 0 aromatic heterocycles. The summed E-state index contributed by atoms with van der Waals surface area (Å²) in [7, 11) is 0. The van der Waals surface area contributed by atoms with Gasteiger partial charge in [0.05, 0.1) is 11.1 Å². The van der Waals surface area contributed by atoms with E-state index in [9.17, 15) is 61.5 Å². The minimum absolute atomic E-state index is 0.115. The zero-order valence-electron chi connectivity index (χ0n) is 16.1. The van der Waals surface area contributed by atoms with Crippen molar-refractivity contribution in [2.45, 2.75) is 18.3 Å². The number of alkyl halides is 6. The van der Waals surface area contributed by atoms with Gasteiger partial charge in [-0.1, -0.05) is 0 Å². The van der Waals surface area contributed by atoms with Crippen LogP contribution in [0.2, 0.25) is 0 Å². The lowest BCUT2D eigenvalue weighted by molar-refractivity contribution is -0.143. The number of benzene rings is 3. The first-order chi connectivity index (χ1) is 16.0. The topological polar surface area (TPSA) is 0 Å². The van der Waals surface area contributed by atoms with Crippen LogP contribution in [-0.4, -0.2) is 0 Å². The molecule has 3 aromatic rings. The van der Waals surface area contributed by atoms with E-state index in [1.807, 2.05) is 0 Å². The number of hydrogen-bond donors (Lipinski definition) is 0. The quantitative estimate of drug-likeness (QED) is 0.135. The van der Waals surface area contributed by atoms with Gasteiger partial charge >= 0.3 is 12.4 Å². The van der Waals surface area contributed by atoms with Crippen molar-refractivity contribution >= 4 is 0 Å². The molecule has 0 N–H and O–H groups in total. The van der Waals surface area contributed by atoms with E-state index in [1.54, 1.807) is 0 Å². The van der Waals surface area contributed by atoms with Crippen LogP contribution in [0.4, 0.5) is 61.5 Å². The molecule has 3 aromatic carbocycles. The molecule has 0 bridgehead atoms. The summed E-state index contributed by atoms with van der Waals surface area (Å²) in [4.78, 5) is 0. The maximum absolute atomic E-state index is 14.7. The third-order valence-corrected chi connectivity index (χ3v) is 5.38. The molecular weight excluding hydrogens is 518 g/mol. The summed E-state index contributed by atoms with van der Waals surface area (Å²) in [5.74, 6) is -23.1. The predicted octanol–water partition coefficient (Wildman–Crippen LogP) is 8.00. The molecule has 35 heavy (non-hydrogen) atoms. The Kier molecular flexibility index (Phi) is 5.38. The van der Waals surface area contributed by atoms with Gasteiger partial charge in [-0.3, -0.25) is 0 Å². The van der Waals surface area contributed by atoms with Crippen LogP contribution in [0.25, 0.3) is 11.1 Å². The molecule has 14 heteroatoms.